The Kier molecular flexibility index (Phi) is 6.62. The van der Waals surface area contributed by atoms with Gasteiger partial charge in [-0.1, -0.05) is 36.4 Å². The molecule has 1 aliphatic rings. The zero-order valence-electron chi connectivity index (χ0n) is 17.6. The van der Waals surface area contributed by atoms with Gasteiger partial charge in [0.1, 0.15) is 11.5 Å². The molecule has 2 aromatic carbocycles. The standard InChI is InChI=1S/C24H26N4O3/c1-2-30-20-9-6-10-21(17-20)31-18-24(29)28-15-13-27(14-16-28)23-12-11-22(25-26-23)19-7-4-3-5-8-19/h3-12,17H,2,13-16,18H2,1H3. The average molecular weight is 418 g/mol. The Morgan fingerprint density at radius 1 is 0.871 bits per heavy atom. The van der Waals surface area contributed by atoms with Crippen molar-refractivity contribution in [2.24, 2.45) is 0 Å². The zero-order chi connectivity index (χ0) is 21.5. The Hall–Kier alpha value is -3.61. The molecule has 31 heavy (non-hydrogen) atoms. The van der Waals surface area contributed by atoms with Crippen molar-refractivity contribution in [2.45, 2.75) is 6.92 Å². The lowest BCUT2D eigenvalue weighted by molar-refractivity contribution is -0.133. The molecular formula is C24H26N4O3. The number of anilines is 1. The molecule has 0 bridgehead atoms. The van der Waals surface area contributed by atoms with Crippen molar-refractivity contribution in [3.05, 3.63) is 66.7 Å². The summed E-state index contributed by atoms with van der Waals surface area (Å²) in [6.45, 7) is 5.22. The van der Waals surface area contributed by atoms with Crippen LogP contribution in [0.1, 0.15) is 6.92 Å². The van der Waals surface area contributed by atoms with Crippen LogP contribution in [0.2, 0.25) is 0 Å². The number of piperazine rings is 1. The number of carbonyl (C=O) groups is 1. The molecule has 1 saturated heterocycles. The number of hydrogen-bond acceptors (Lipinski definition) is 6. The molecule has 4 rings (SSSR count). The number of benzene rings is 2. The second kappa shape index (κ2) is 9.93. The third kappa shape index (κ3) is 5.31. The van der Waals surface area contributed by atoms with Gasteiger partial charge in [0, 0.05) is 37.8 Å². The fourth-order valence-electron chi connectivity index (χ4n) is 3.50. The summed E-state index contributed by atoms with van der Waals surface area (Å²) in [4.78, 5) is 16.5. The Balaban J connectivity index is 1.27. The van der Waals surface area contributed by atoms with Gasteiger partial charge in [-0.05, 0) is 31.2 Å². The van der Waals surface area contributed by atoms with E-state index < -0.39 is 0 Å². The quantitative estimate of drug-likeness (QED) is 0.587. The fourth-order valence-corrected chi connectivity index (χ4v) is 3.50. The van der Waals surface area contributed by atoms with Gasteiger partial charge >= 0.3 is 0 Å². The van der Waals surface area contributed by atoms with E-state index >= 15 is 0 Å². The summed E-state index contributed by atoms with van der Waals surface area (Å²) >= 11 is 0. The Morgan fingerprint density at radius 2 is 1.61 bits per heavy atom. The highest BCUT2D eigenvalue weighted by molar-refractivity contribution is 5.78. The number of nitrogens with zero attached hydrogens (tertiary/aromatic N) is 4. The van der Waals surface area contributed by atoms with Crippen LogP contribution in [0.25, 0.3) is 11.3 Å². The normalized spacial score (nSPS) is 13.7. The number of carbonyl (C=O) groups excluding carboxylic acids is 1. The van der Waals surface area contributed by atoms with Gasteiger partial charge in [-0.2, -0.15) is 0 Å². The van der Waals surface area contributed by atoms with Gasteiger partial charge in [0.25, 0.3) is 5.91 Å². The first-order chi connectivity index (χ1) is 15.2. The van der Waals surface area contributed by atoms with E-state index in [0.29, 0.717) is 38.5 Å². The van der Waals surface area contributed by atoms with Crippen LogP contribution in [0.3, 0.4) is 0 Å². The molecule has 2 heterocycles. The van der Waals surface area contributed by atoms with Crippen molar-refractivity contribution in [1.82, 2.24) is 15.1 Å². The van der Waals surface area contributed by atoms with Crippen molar-refractivity contribution < 1.29 is 14.3 Å². The minimum Gasteiger partial charge on any atom is -0.494 e. The smallest absolute Gasteiger partial charge is 0.260 e. The number of amides is 1. The van der Waals surface area contributed by atoms with E-state index in [0.717, 1.165) is 22.8 Å². The summed E-state index contributed by atoms with van der Waals surface area (Å²) in [5, 5.41) is 8.74. The molecule has 1 aromatic heterocycles. The average Bonchev–Trinajstić information content (AvgIpc) is 2.84. The SMILES string of the molecule is CCOc1cccc(OCC(=O)N2CCN(c3ccc(-c4ccccc4)nn3)CC2)c1. The molecule has 0 N–H and O–H groups in total. The van der Waals surface area contributed by atoms with Crippen LogP contribution in [-0.2, 0) is 4.79 Å². The number of rotatable bonds is 7. The van der Waals surface area contributed by atoms with E-state index in [2.05, 4.69) is 15.1 Å². The largest absolute Gasteiger partial charge is 0.494 e. The predicted molar refractivity (Wildman–Crippen MR) is 119 cm³/mol. The minimum absolute atomic E-state index is 0.0150. The first-order valence-corrected chi connectivity index (χ1v) is 10.5. The summed E-state index contributed by atoms with van der Waals surface area (Å²) in [5.74, 6) is 2.18. The highest BCUT2D eigenvalue weighted by Crippen LogP contribution is 2.21. The lowest BCUT2D eigenvalue weighted by Crippen LogP contribution is -2.50. The van der Waals surface area contributed by atoms with E-state index in [1.807, 2.05) is 72.5 Å². The van der Waals surface area contributed by atoms with Crippen molar-refractivity contribution in [2.75, 3.05) is 44.3 Å². The number of hydrogen-bond donors (Lipinski definition) is 0. The van der Waals surface area contributed by atoms with Crippen LogP contribution >= 0.6 is 0 Å². The summed E-state index contributed by atoms with van der Waals surface area (Å²) in [7, 11) is 0. The van der Waals surface area contributed by atoms with Crippen molar-refractivity contribution in [1.29, 1.82) is 0 Å². The van der Waals surface area contributed by atoms with E-state index in [9.17, 15) is 4.79 Å². The van der Waals surface area contributed by atoms with Crippen LogP contribution < -0.4 is 14.4 Å². The third-order valence-corrected chi connectivity index (χ3v) is 5.16. The van der Waals surface area contributed by atoms with Gasteiger partial charge in [-0.3, -0.25) is 4.79 Å². The summed E-state index contributed by atoms with van der Waals surface area (Å²) < 4.78 is 11.1. The predicted octanol–water partition coefficient (Wildman–Crippen LogP) is 3.27. The monoisotopic (exact) mass is 418 g/mol. The summed E-state index contributed by atoms with van der Waals surface area (Å²) in [6.07, 6.45) is 0. The highest BCUT2D eigenvalue weighted by atomic mass is 16.5. The molecule has 1 aliphatic heterocycles. The fraction of sp³-hybridized carbons (Fsp3) is 0.292. The second-order valence-corrected chi connectivity index (χ2v) is 7.21. The van der Waals surface area contributed by atoms with E-state index in [1.165, 1.54) is 0 Å². The van der Waals surface area contributed by atoms with Crippen LogP contribution in [0.15, 0.2) is 66.7 Å². The molecule has 3 aromatic rings. The maximum Gasteiger partial charge on any atom is 0.260 e. The number of ether oxygens (including phenoxy) is 2. The Labute approximate surface area is 182 Å². The van der Waals surface area contributed by atoms with Crippen LogP contribution in [0.5, 0.6) is 11.5 Å². The Morgan fingerprint density at radius 3 is 2.29 bits per heavy atom. The molecule has 7 heteroatoms. The topological polar surface area (TPSA) is 67.8 Å². The maximum absolute atomic E-state index is 12.5. The molecule has 0 atom stereocenters. The lowest BCUT2D eigenvalue weighted by atomic mass is 10.1. The third-order valence-electron chi connectivity index (χ3n) is 5.16. The van der Waals surface area contributed by atoms with Crippen molar-refractivity contribution >= 4 is 11.7 Å². The van der Waals surface area contributed by atoms with Crippen molar-refractivity contribution in [3.63, 3.8) is 0 Å². The first-order valence-electron chi connectivity index (χ1n) is 10.5. The molecule has 0 spiro atoms. The number of aromatic nitrogens is 2. The van der Waals surface area contributed by atoms with E-state index in [1.54, 1.807) is 6.07 Å². The molecule has 7 nitrogen and oxygen atoms in total. The molecule has 0 radical (unpaired) electrons. The molecule has 0 saturated carbocycles. The summed E-state index contributed by atoms with van der Waals surface area (Å²) in [5.41, 5.74) is 1.90. The minimum atomic E-state index is -0.0213. The summed E-state index contributed by atoms with van der Waals surface area (Å²) in [6, 6.07) is 21.3. The Bertz CT molecular complexity index is 987. The van der Waals surface area contributed by atoms with E-state index in [-0.39, 0.29) is 12.5 Å². The van der Waals surface area contributed by atoms with Gasteiger partial charge in [0.2, 0.25) is 0 Å². The molecular weight excluding hydrogens is 392 g/mol. The second-order valence-electron chi connectivity index (χ2n) is 7.21. The van der Waals surface area contributed by atoms with Gasteiger partial charge in [0.05, 0.1) is 12.3 Å². The maximum atomic E-state index is 12.5. The van der Waals surface area contributed by atoms with Gasteiger partial charge in [0.15, 0.2) is 12.4 Å². The van der Waals surface area contributed by atoms with Gasteiger partial charge in [-0.15, -0.1) is 10.2 Å². The molecule has 1 amide bonds. The highest BCUT2D eigenvalue weighted by Gasteiger charge is 2.22. The van der Waals surface area contributed by atoms with Crippen LogP contribution in [0.4, 0.5) is 5.82 Å². The molecule has 1 fully saturated rings. The van der Waals surface area contributed by atoms with Crippen molar-refractivity contribution in [3.8, 4) is 22.8 Å². The molecule has 0 unspecified atom stereocenters. The molecule has 0 aliphatic carbocycles. The van der Waals surface area contributed by atoms with Crippen LogP contribution in [-0.4, -0.2) is 60.4 Å². The zero-order valence-corrected chi connectivity index (χ0v) is 17.6. The van der Waals surface area contributed by atoms with Gasteiger partial charge in [-0.25, -0.2) is 0 Å². The lowest BCUT2D eigenvalue weighted by Gasteiger charge is -2.35. The molecule has 160 valence electrons. The van der Waals surface area contributed by atoms with Gasteiger partial charge < -0.3 is 19.3 Å². The van der Waals surface area contributed by atoms with Crippen LogP contribution in [0, 0.1) is 0 Å². The first kappa shape index (κ1) is 20.7. The van der Waals surface area contributed by atoms with E-state index in [4.69, 9.17) is 9.47 Å².